The topological polar surface area (TPSA) is 88.9 Å². The lowest BCUT2D eigenvalue weighted by Gasteiger charge is -2.40. The van der Waals surface area contributed by atoms with Crippen LogP contribution in [0, 0.1) is 11.8 Å². The van der Waals surface area contributed by atoms with Crippen LogP contribution in [0.4, 0.5) is 0 Å². The summed E-state index contributed by atoms with van der Waals surface area (Å²) in [4.78, 5) is 31.4. The van der Waals surface area contributed by atoms with E-state index in [0.717, 1.165) is 30.6 Å². The molecule has 2 amide bonds. The molecule has 9 heteroatoms. The maximum absolute atomic E-state index is 14.2. The zero-order valence-electron chi connectivity index (χ0n) is 23.1. The van der Waals surface area contributed by atoms with Crippen molar-refractivity contribution in [3.8, 4) is 5.69 Å². The first kappa shape index (κ1) is 30.8. The zero-order chi connectivity index (χ0) is 26.9. The summed E-state index contributed by atoms with van der Waals surface area (Å²) in [7, 11) is 1.71. The molecule has 0 bridgehead atoms. The molecule has 9 nitrogen and oxygen atoms in total. The Balaban J connectivity index is 0.00000420. The molecule has 0 saturated carbocycles. The van der Waals surface area contributed by atoms with E-state index >= 15 is 0 Å². The van der Waals surface area contributed by atoms with Crippen LogP contribution in [0.15, 0.2) is 36.5 Å². The van der Waals surface area contributed by atoms with Gasteiger partial charge in [-0.15, -0.1) is 0 Å². The summed E-state index contributed by atoms with van der Waals surface area (Å²) in [6.07, 6.45) is 4.93. The van der Waals surface area contributed by atoms with E-state index in [9.17, 15) is 9.59 Å². The fraction of sp³-hybridized carbons (Fsp3) is 0.633. The van der Waals surface area contributed by atoms with E-state index in [1.807, 2.05) is 44.8 Å². The van der Waals surface area contributed by atoms with Crippen LogP contribution in [-0.4, -0.2) is 97.1 Å². The van der Waals surface area contributed by atoms with E-state index in [1.165, 1.54) is 0 Å². The van der Waals surface area contributed by atoms with Gasteiger partial charge in [-0.05, 0) is 43.7 Å². The summed E-state index contributed by atoms with van der Waals surface area (Å²) in [6.45, 7) is 9.36. The largest absolute Gasteiger partial charge is 0.385 e. The first-order valence-corrected chi connectivity index (χ1v) is 14.0. The van der Waals surface area contributed by atoms with Gasteiger partial charge in [0.2, 0.25) is 5.91 Å². The Labute approximate surface area is 233 Å². The number of carbonyl (C=O) groups excluding carboxylic acids is 2. The van der Waals surface area contributed by atoms with Crippen LogP contribution in [0.3, 0.4) is 0 Å². The quantitative estimate of drug-likeness (QED) is 0.439. The molecule has 0 spiro atoms. The molecule has 2 aromatic rings. The van der Waals surface area contributed by atoms with Gasteiger partial charge < -0.3 is 24.6 Å². The lowest BCUT2D eigenvalue weighted by Crippen LogP contribution is -2.56. The number of nitrogens with one attached hydrogen (secondary N) is 1. The van der Waals surface area contributed by atoms with Gasteiger partial charge in [0.1, 0.15) is 0 Å². The number of morpholine rings is 1. The SMILES string of the molecule is C.COCCCCc1c(C(=O)N(CC(C)C)[C@@H]2CNC[C@H](C(=O)N3CCOCC3)C2)cnn1-c1ccccc1. The maximum atomic E-state index is 14.2. The average molecular weight is 542 g/mol. The van der Waals surface area contributed by atoms with Gasteiger partial charge in [-0.2, -0.15) is 5.10 Å². The third-order valence-corrected chi connectivity index (χ3v) is 7.37. The Morgan fingerprint density at radius 3 is 2.59 bits per heavy atom. The number of ether oxygens (including phenoxy) is 2. The van der Waals surface area contributed by atoms with Crippen molar-refractivity contribution in [1.29, 1.82) is 0 Å². The number of carbonyl (C=O) groups is 2. The predicted molar refractivity (Wildman–Crippen MR) is 153 cm³/mol. The van der Waals surface area contributed by atoms with Crippen molar-refractivity contribution in [2.24, 2.45) is 11.8 Å². The Morgan fingerprint density at radius 1 is 1.15 bits per heavy atom. The normalized spacial score (nSPS) is 19.5. The molecular weight excluding hydrogens is 494 g/mol. The average Bonchev–Trinajstić information content (AvgIpc) is 3.38. The standard InChI is InChI=1S/C29H43N5O4.CH4/c1-22(2)21-33(25-17-23(18-30-19-25)28(35)32-12-15-38-16-13-32)29(36)26-20-31-34(24-9-5-4-6-10-24)27(26)11-7-8-14-37-3;/h4-6,9-10,20,22-23,25,30H,7-8,11-19,21H2,1-3H3;1H4/t23-,25+;/m1./s1. The van der Waals surface area contributed by atoms with E-state index in [1.54, 1.807) is 13.3 Å². The molecule has 0 unspecified atom stereocenters. The third kappa shape index (κ3) is 7.90. The van der Waals surface area contributed by atoms with E-state index < -0.39 is 0 Å². The molecule has 3 heterocycles. The first-order chi connectivity index (χ1) is 18.5. The second-order valence-corrected chi connectivity index (χ2v) is 10.7. The number of unbranched alkanes of at least 4 members (excludes halogenated alkanes) is 1. The van der Waals surface area contributed by atoms with Gasteiger partial charge in [-0.25, -0.2) is 4.68 Å². The van der Waals surface area contributed by atoms with Gasteiger partial charge >= 0.3 is 0 Å². The molecule has 0 radical (unpaired) electrons. The van der Waals surface area contributed by atoms with Crippen molar-refractivity contribution in [1.82, 2.24) is 24.9 Å². The molecule has 2 aliphatic heterocycles. The summed E-state index contributed by atoms with van der Waals surface area (Å²) in [5, 5.41) is 8.12. The maximum Gasteiger partial charge on any atom is 0.257 e. The molecular formula is C30H47N5O4. The molecule has 2 aliphatic rings. The van der Waals surface area contributed by atoms with Crippen molar-refractivity contribution >= 4 is 11.8 Å². The predicted octanol–water partition coefficient (Wildman–Crippen LogP) is 3.41. The highest BCUT2D eigenvalue weighted by Gasteiger charge is 2.36. The number of nitrogens with zero attached hydrogens (tertiary/aromatic N) is 4. The zero-order valence-corrected chi connectivity index (χ0v) is 23.1. The van der Waals surface area contributed by atoms with E-state index in [4.69, 9.17) is 9.47 Å². The summed E-state index contributed by atoms with van der Waals surface area (Å²) >= 11 is 0. The number of hydrogen-bond donors (Lipinski definition) is 1. The second-order valence-electron chi connectivity index (χ2n) is 10.7. The number of benzene rings is 1. The number of aromatic nitrogens is 2. The van der Waals surface area contributed by atoms with Gasteiger partial charge in [0.25, 0.3) is 5.91 Å². The first-order valence-electron chi connectivity index (χ1n) is 14.0. The summed E-state index contributed by atoms with van der Waals surface area (Å²) in [5.74, 6) is 0.311. The Morgan fingerprint density at radius 2 is 1.90 bits per heavy atom. The summed E-state index contributed by atoms with van der Waals surface area (Å²) in [5.41, 5.74) is 2.52. The molecule has 2 saturated heterocycles. The van der Waals surface area contributed by atoms with Crippen molar-refractivity contribution in [2.75, 3.05) is 59.7 Å². The number of para-hydroxylation sites is 1. The van der Waals surface area contributed by atoms with Gasteiger partial charge in [0.15, 0.2) is 0 Å². The highest BCUT2D eigenvalue weighted by molar-refractivity contribution is 5.95. The third-order valence-electron chi connectivity index (χ3n) is 7.37. The molecule has 2 atom stereocenters. The molecule has 1 aromatic heterocycles. The van der Waals surface area contributed by atoms with E-state index in [0.29, 0.717) is 70.4 Å². The summed E-state index contributed by atoms with van der Waals surface area (Å²) in [6, 6.07) is 9.91. The second kappa shape index (κ2) is 15.1. The Bertz CT molecular complexity index is 1040. The van der Waals surface area contributed by atoms with Crippen LogP contribution in [0.5, 0.6) is 0 Å². The number of piperidine rings is 1. The molecule has 39 heavy (non-hydrogen) atoms. The fourth-order valence-corrected chi connectivity index (χ4v) is 5.46. The van der Waals surface area contributed by atoms with Gasteiger partial charge in [-0.3, -0.25) is 9.59 Å². The van der Waals surface area contributed by atoms with Crippen LogP contribution >= 0.6 is 0 Å². The van der Waals surface area contributed by atoms with Gasteiger partial charge in [0, 0.05) is 52.5 Å². The van der Waals surface area contributed by atoms with Crippen LogP contribution in [-0.2, 0) is 20.7 Å². The van der Waals surface area contributed by atoms with Crippen LogP contribution < -0.4 is 5.32 Å². The molecule has 4 rings (SSSR count). The summed E-state index contributed by atoms with van der Waals surface area (Å²) < 4.78 is 12.6. The van der Waals surface area contributed by atoms with Crippen molar-refractivity contribution < 1.29 is 19.1 Å². The Kier molecular flexibility index (Phi) is 12.0. The number of amides is 2. The van der Waals surface area contributed by atoms with Crippen LogP contribution in [0.1, 0.15) is 56.6 Å². The number of methoxy groups -OCH3 is 1. The number of rotatable bonds is 11. The molecule has 216 valence electrons. The smallest absolute Gasteiger partial charge is 0.257 e. The lowest BCUT2D eigenvalue weighted by atomic mass is 9.92. The van der Waals surface area contributed by atoms with Crippen LogP contribution in [0.2, 0.25) is 0 Å². The molecule has 1 aromatic carbocycles. The molecule has 2 fully saturated rings. The lowest BCUT2D eigenvalue weighted by molar-refractivity contribution is -0.140. The van der Waals surface area contributed by atoms with Gasteiger partial charge in [-0.1, -0.05) is 39.5 Å². The number of hydrogen-bond acceptors (Lipinski definition) is 6. The minimum Gasteiger partial charge on any atom is -0.385 e. The van der Waals surface area contributed by atoms with Crippen LogP contribution in [0.25, 0.3) is 5.69 Å². The minimum atomic E-state index is -0.144. The molecule has 1 N–H and O–H groups in total. The van der Waals surface area contributed by atoms with E-state index in [-0.39, 0.29) is 31.2 Å². The van der Waals surface area contributed by atoms with Crippen molar-refractivity contribution in [3.05, 3.63) is 47.8 Å². The highest BCUT2D eigenvalue weighted by Crippen LogP contribution is 2.25. The molecule has 0 aliphatic carbocycles. The van der Waals surface area contributed by atoms with Crippen molar-refractivity contribution in [3.63, 3.8) is 0 Å². The van der Waals surface area contributed by atoms with Crippen molar-refractivity contribution in [2.45, 2.75) is 53.0 Å². The fourth-order valence-electron chi connectivity index (χ4n) is 5.46. The Hall–Kier alpha value is -2.75. The van der Waals surface area contributed by atoms with E-state index in [2.05, 4.69) is 24.3 Å². The minimum absolute atomic E-state index is 0. The van der Waals surface area contributed by atoms with Gasteiger partial charge in [0.05, 0.1) is 42.3 Å². The highest BCUT2D eigenvalue weighted by atomic mass is 16.5. The monoisotopic (exact) mass is 541 g/mol.